The number of nitrogens with zero attached hydrogens (tertiary/aromatic N) is 1. The summed E-state index contributed by atoms with van der Waals surface area (Å²) in [6.07, 6.45) is 1.45. The van der Waals surface area contributed by atoms with Crippen molar-refractivity contribution in [1.82, 2.24) is 5.32 Å². The second-order valence-corrected chi connectivity index (χ2v) is 9.67. The fourth-order valence-electron chi connectivity index (χ4n) is 3.17. The summed E-state index contributed by atoms with van der Waals surface area (Å²) in [5.74, 6) is -0.153. The van der Waals surface area contributed by atoms with Crippen LogP contribution < -0.4 is 14.4 Å². The monoisotopic (exact) mass is 490 g/mol. The Hall–Kier alpha value is -3.10. The number of hydrogen-bond acceptors (Lipinski definition) is 4. The molecule has 9 heteroatoms. The molecule has 3 aromatic carbocycles. The van der Waals surface area contributed by atoms with Gasteiger partial charge in [-0.05, 0) is 73.0 Å². The normalized spacial score (nSPS) is 11.2. The lowest BCUT2D eigenvalue weighted by molar-refractivity contribution is 0.0953. The quantitative estimate of drug-likeness (QED) is 0.442. The van der Waals surface area contributed by atoms with Gasteiger partial charge in [0.15, 0.2) is 0 Å². The fourth-order valence-corrected chi connectivity index (χ4v) is 4.59. The predicted molar refractivity (Wildman–Crippen MR) is 127 cm³/mol. The van der Waals surface area contributed by atoms with Gasteiger partial charge in [0.05, 0.1) is 28.3 Å². The van der Waals surface area contributed by atoms with Gasteiger partial charge in [-0.1, -0.05) is 23.7 Å². The number of rotatable bonds is 9. The van der Waals surface area contributed by atoms with Gasteiger partial charge >= 0.3 is 0 Å². The number of carbonyl (C=O) groups is 1. The summed E-state index contributed by atoms with van der Waals surface area (Å²) < 4.78 is 45.4. The van der Waals surface area contributed by atoms with Gasteiger partial charge in [-0.15, -0.1) is 0 Å². The Kier molecular flexibility index (Phi) is 7.94. The number of halogens is 2. The Bertz CT molecular complexity index is 1220. The van der Waals surface area contributed by atoms with Crippen LogP contribution in [0.1, 0.15) is 22.3 Å². The molecule has 0 fully saturated rings. The number of methoxy groups -OCH3 is 1. The van der Waals surface area contributed by atoms with E-state index in [2.05, 4.69) is 5.32 Å². The lowest BCUT2D eigenvalue weighted by Crippen LogP contribution is -2.28. The first-order chi connectivity index (χ1) is 15.7. The molecule has 33 heavy (non-hydrogen) atoms. The highest BCUT2D eigenvalue weighted by Gasteiger charge is 2.23. The number of benzene rings is 3. The van der Waals surface area contributed by atoms with E-state index in [1.165, 1.54) is 49.5 Å². The number of anilines is 1. The van der Waals surface area contributed by atoms with Crippen molar-refractivity contribution in [3.63, 3.8) is 0 Å². The molecule has 0 unspecified atom stereocenters. The SMILES string of the molecule is COc1ccc(CCCNC(=O)c2cc(S(=O)(=O)N(C)c3ccc(F)cc3)ccc2Cl)cc1. The second-order valence-electron chi connectivity index (χ2n) is 7.30. The van der Waals surface area contributed by atoms with Crippen molar-refractivity contribution in [1.29, 1.82) is 0 Å². The van der Waals surface area contributed by atoms with Crippen molar-refractivity contribution >= 4 is 33.2 Å². The zero-order valence-corrected chi connectivity index (χ0v) is 19.8. The smallest absolute Gasteiger partial charge is 0.264 e. The summed E-state index contributed by atoms with van der Waals surface area (Å²) in [5, 5.41) is 2.92. The summed E-state index contributed by atoms with van der Waals surface area (Å²) >= 11 is 6.17. The Morgan fingerprint density at radius 1 is 1.06 bits per heavy atom. The third-order valence-electron chi connectivity index (χ3n) is 5.12. The van der Waals surface area contributed by atoms with Crippen LogP contribution in [-0.4, -0.2) is 35.0 Å². The van der Waals surface area contributed by atoms with E-state index in [0.717, 1.165) is 22.0 Å². The van der Waals surface area contributed by atoms with E-state index in [-0.39, 0.29) is 21.2 Å². The van der Waals surface area contributed by atoms with Crippen molar-refractivity contribution in [3.8, 4) is 5.75 Å². The maximum absolute atomic E-state index is 13.2. The van der Waals surface area contributed by atoms with Gasteiger partial charge in [-0.25, -0.2) is 12.8 Å². The molecule has 0 spiro atoms. The van der Waals surface area contributed by atoms with Gasteiger partial charge < -0.3 is 10.1 Å². The number of ether oxygens (including phenoxy) is 1. The van der Waals surface area contributed by atoms with E-state index in [4.69, 9.17) is 16.3 Å². The molecule has 0 aliphatic rings. The molecule has 1 N–H and O–H groups in total. The minimum absolute atomic E-state index is 0.0645. The highest BCUT2D eigenvalue weighted by molar-refractivity contribution is 7.92. The molecule has 1 amide bonds. The van der Waals surface area contributed by atoms with Crippen LogP contribution >= 0.6 is 11.6 Å². The topological polar surface area (TPSA) is 75.7 Å². The minimum Gasteiger partial charge on any atom is -0.497 e. The van der Waals surface area contributed by atoms with Crippen LogP contribution in [0.4, 0.5) is 10.1 Å². The average Bonchev–Trinajstić information content (AvgIpc) is 2.82. The molecule has 0 aliphatic carbocycles. The lowest BCUT2D eigenvalue weighted by atomic mass is 10.1. The van der Waals surface area contributed by atoms with Crippen molar-refractivity contribution in [2.75, 3.05) is 25.0 Å². The number of hydrogen-bond donors (Lipinski definition) is 1. The molecule has 3 aromatic rings. The summed E-state index contributed by atoms with van der Waals surface area (Å²) in [6, 6.07) is 16.7. The number of amides is 1. The molecule has 3 rings (SSSR count). The van der Waals surface area contributed by atoms with Crippen LogP contribution in [0, 0.1) is 5.82 Å². The number of carbonyl (C=O) groups excluding carboxylic acids is 1. The Morgan fingerprint density at radius 3 is 2.36 bits per heavy atom. The molecule has 0 saturated heterocycles. The van der Waals surface area contributed by atoms with Crippen LogP contribution in [0.3, 0.4) is 0 Å². The molecule has 0 heterocycles. The summed E-state index contributed by atoms with van der Waals surface area (Å²) in [7, 11) is -1.02. The molecule has 6 nitrogen and oxygen atoms in total. The fraction of sp³-hybridized carbons (Fsp3) is 0.208. The first kappa shape index (κ1) is 24.5. The van der Waals surface area contributed by atoms with Gasteiger partial charge in [0.2, 0.25) is 0 Å². The first-order valence-electron chi connectivity index (χ1n) is 10.2. The summed E-state index contributed by atoms with van der Waals surface area (Å²) in [6.45, 7) is 0.396. The Balaban J connectivity index is 1.66. The Labute approximate surface area is 198 Å². The van der Waals surface area contributed by atoms with E-state index in [0.29, 0.717) is 13.0 Å². The third kappa shape index (κ3) is 6.03. The van der Waals surface area contributed by atoms with E-state index >= 15 is 0 Å². The zero-order chi connectivity index (χ0) is 24.0. The zero-order valence-electron chi connectivity index (χ0n) is 18.2. The predicted octanol–water partition coefficient (Wildman–Crippen LogP) is 4.68. The summed E-state index contributed by atoms with van der Waals surface area (Å²) in [5.41, 5.74) is 1.46. The molecule has 0 aromatic heterocycles. The van der Waals surface area contributed by atoms with Gasteiger partial charge in [-0.2, -0.15) is 0 Å². The van der Waals surface area contributed by atoms with Crippen molar-refractivity contribution in [3.05, 3.63) is 88.7 Å². The largest absolute Gasteiger partial charge is 0.497 e. The molecule has 174 valence electrons. The molecule has 0 bridgehead atoms. The highest BCUT2D eigenvalue weighted by atomic mass is 35.5. The van der Waals surface area contributed by atoms with Gasteiger partial charge in [0.25, 0.3) is 15.9 Å². The van der Waals surface area contributed by atoms with Gasteiger partial charge in [0, 0.05) is 13.6 Å². The van der Waals surface area contributed by atoms with Crippen LogP contribution in [-0.2, 0) is 16.4 Å². The van der Waals surface area contributed by atoms with Crippen LogP contribution in [0.5, 0.6) is 5.75 Å². The van der Waals surface area contributed by atoms with Crippen LogP contribution in [0.25, 0.3) is 0 Å². The Morgan fingerprint density at radius 2 is 1.73 bits per heavy atom. The van der Waals surface area contributed by atoms with Gasteiger partial charge in [0.1, 0.15) is 11.6 Å². The van der Waals surface area contributed by atoms with Crippen molar-refractivity contribution in [2.45, 2.75) is 17.7 Å². The van der Waals surface area contributed by atoms with Gasteiger partial charge in [-0.3, -0.25) is 9.10 Å². The average molecular weight is 491 g/mol. The summed E-state index contributed by atoms with van der Waals surface area (Å²) in [4.78, 5) is 12.6. The van der Waals surface area contributed by atoms with E-state index in [9.17, 15) is 17.6 Å². The maximum Gasteiger partial charge on any atom is 0.264 e. The standard InChI is InChI=1S/C24H24ClFN2O4S/c1-28(19-9-7-18(26)8-10-19)33(30,31)21-13-14-23(25)22(16-21)24(29)27-15-3-4-17-5-11-20(32-2)12-6-17/h5-14,16H,3-4,15H2,1-2H3,(H,27,29). The lowest BCUT2D eigenvalue weighted by Gasteiger charge is -2.20. The second kappa shape index (κ2) is 10.7. The molecule has 0 atom stereocenters. The maximum atomic E-state index is 13.2. The molecular weight excluding hydrogens is 467 g/mol. The van der Waals surface area contributed by atoms with E-state index in [1.54, 1.807) is 7.11 Å². The number of nitrogens with one attached hydrogen (secondary N) is 1. The number of sulfonamides is 1. The molecular formula is C24H24ClFN2O4S. The molecule has 0 radical (unpaired) electrons. The number of aryl methyl sites for hydroxylation is 1. The van der Waals surface area contributed by atoms with Crippen molar-refractivity contribution in [2.24, 2.45) is 0 Å². The molecule has 0 aliphatic heterocycles. The highest BCUT2D eigenvalue weighted by Crippen LogP contribution is 2.26. The van der Waals surface area contributed by atoms with Crippen molar-refractivity contribution < 1.29 is 22.3 Å². The minimum atomic E-state index is -3.98. The van der Waals surface area contributed by atoms with Crippen LogP contribution in [0.2, 0.25) is 5.02 Å². The first-order valence-corrected chi connectivity index (χ1v) is 12.0. The van der Waals surface area contributed by atoms with Crippen LogP contribution in [0.15, 0.2) is 71.6 Å². The third-order valence-corrected chi connectivity index (χ3v) is 7.23. The van der Waals surface area contributed by atoms with E-state index < -0.39 is 21.7 Å². The van der Waals surface area contributed by atoms with E-state index in [1.807, 2.05) is 24.3 Å². The molecule has 0 saturated carbocycles.